The molecule has 4 rings (SSSR count). The van der Waals surface area contributed by atoms with Crippen LogP contribution in [0.4, 0.5) is 0 Å². The number of nitrogens with one attached hydrogen (secondary N) is 1. The number of aromatic nitrogens is 2. The molecule has 1 aliphatic heterocycles. The number of aryl methyl sites for hydroxylation is 1. The Morgan fingerprint density at radius 2 is 2.17 bits per heavy atom. The Labute approximate surface area is 135 Å². The number of piperidine rings is 1. The summed E-state index contributed by atoms with van der Waals surface area (Å²) in [5.74, 6) is 1.85. The van der Waals surface area contributed by atoms with E-state index in [0.717, 1.165) is 60.6 Å². The first-order chi connectivity index (χ1) is 11.3. The molecule has 0 saturated carbocycles. The number of fused-ring (bicyclic) bond motifs is 1. The summed E-state index contributed by atoms with van der Waals surface area (Å²) in [4.78, 5) is 5.64. The average molecular weight is 311 g/mol. The summed E-state index contributed by atoms with van der Waals surface area (Å²) >= 11 is 0. The number of benzene rings is 1. The van der Waals surface area contributed by atoms with Gasteiger partial charge < -0.3 is 14.2 Å². The molecule has 1 fully saturated rings. The minimum atomic E-state index is 0.283. The maximum Gasteiger partial charge on any atom is 0.133 e. The Morgan fingerprint density at radius 3 is 2.96 bits per heavy atom. The lowest BCUT2D eigenvalue weighted by atomic mass is 10.1. The van der Waals surface area contributed by atoms with Crippen molar-refractivity contribution in [2.24, 2.45) is 0 Å². The van der Waals surface area contributed by atoms with Crippen molar-refractivity contribution in [3.63, 3.8) is 0 Å². The van der Waals surface area contributed by atoms with Crippen LogP contribution < -0.4 is 4.74 Å². The van der Waals surface area contributed by atoms with Crippen LogP contribution in [0.25, 0.3) is 10.9 Å². The molecule has 1 N–H and O–H groups in total. The van der Waals surface area contributed by atoms with Crippen molar-refractivity contribution >= 4 is 10.9 Å². The monoisotopic (exact) mass is 311 g/mol. The van der Waals surface area contributed by atoms with Crippen LogP contribution in [-0.2, 0) is 6.54 Å². The molecule has 0 spiro atoms. The van der Waals surface area contributed by atoms with E-state index in [0.29, 0.717) is 0 Å². The summed E-state index contributed by atoms with van der Waals surface area (Å²) in [6.07, 6.45) is 4.32. The van der Waals surface area contributed by atoms with Crippen LogP contribution in [0.5, 0.6) is 5.75 Å². The third-order valence-electron chi connectivity index (χ3n) is 4.45. The summed E-state index contributed by atoms with van der Waals surface area (Å²) in [5.41, 5.74) is 2.14. The Bertz CT molecular complexity index is 784. The second-order valence-electron chi connectivity index (χ2n) is 6.22. The van der Waals surface area contributed by atoms with E-state index in [1.54, 1.807) is 0 Å². The minimum Gasteiger partial charge on any atom is -0.490 e. The molecule has 0 aliphatic carbocycles. The highest BCUT2D eigenvalue weighted by atomic mass is 16.5. The molecule has 5 nitrogen and oxygen atoms in total. The summed E-state index contributed by atoms with van der Waals surface area (Å²) < 4.78 is 11.4. The summed E-state index contributed by atoms with van der Waals surface area (Å²) in [7, 11) is 0. The molecule has 1 aliphatic rings. The molecule has 3 aromatic rings. The molecule has 0 radical (unpaired) electrons. The highest BCUT2D eigenvalue weighted by molar-refractivity contribution is 5.85. The quantitative estimate of drug-likeness (QED) is 0.801. The maximum absolute atomic E-state index is 6.25. The molecule has 23 heavy (non-hydrogen) atoms. The van der Waals surface area contributed by atoms with Crippen molar-refractivity contribution in [2.45, 2.75) is 32.4 Å². The van der Waals surface area contributed by atoms with Crippen LogP contribution in [0.2, 0.25) is 0 Å². The van der Waals surface area contributed by atoms with Crippen LogP contribution in [0.15, 0.2) is 41.1 Å². The van der Waals surface area contributed by atoms with Gasteiger partial charge in [-0.25, -0.2) is 0 Å². The fourth-order valence-electron chi connectivity index (χ4n) is 3.25. The van der Waals surface area contributed by atoms with Gasteiger partial charge in [-0.15, -0.1) is 0 Å². The Kier molecular flexibility index (Phi) is 3.79. The van der Waals surface area contributed by atoms with E-state index in [1.165, 1.54) is 0 Å². The van der Waals surface area contributed by atoms with E-state index in [9.17, 15) is 0 Å². The van der Waals surface area contributed by atoms with Gasteiger partial charge in [0.1, 0.15) is 17.6 Å². The molecule has 0 unspecified atom stereocenters. The average Bonchev–Trinajstić information content (AvgIpc) is 3.19. The summed E-state index contributed by atoms with van der Waals surface area (Å²) in [5, 5.41) is 5.23. The van der Waals surface area contributed by atoms with Gasteiger partial charge in [-0.1, -0.05) is 11.2 Å². The van der Waals surface area contributed by atoms with Crippen LogP contribution in [0.1, 0.15) is 24.3 Å². The number of nitrogens with zero attached hydrogens (tertiary/aromatic N) is 2. The minimum absolute atomic E-state index is 0.283. The van der Waals surface area contributed by atoms with E-state index in [4.69, 9.17) is 9.26 Å². The largest absolute Gasteiger partial charge is 0.490 e. The second kappa shape index (κ2) is 6.08. The van der Waals surface area contributed by atoms with Gasteiger partial charge in [0.05, 0.1) is 5.69 Å². The molecular formula is C18H21N3O2. The number of likely N-dealkylation sites (tertiary alicyclic amines) is 1. The summed E-state index contributed by atoms with van der Waals surface area (Å²) in [6, 6.07) is 10.3. The molecule has 1 aromatic carbocycles. The van der Waals surface area contributed by atoms with Gasteiger partial charge in [0.25, 0.3) is 0 Å². The van der Waals surface area contributed by atoms with Gasteiger partial charge in [0.2, 0.25) is 0 Å². The van der Waals surface area contributed by atoms with Gasteiger partial charge in [-0.2, -0.15) is 0 Å². The molecule has 3 heterocycles. The topological polar surface area (TPSA) is 54.3 Å². The predicted octanol–water partition coefficient (Wildman–Crippen LogP) is 3.51. The Morgan fingerprint density at radius 1 is 1.30 bits per heavy atom. The van der Waals surface area contributed by atoms with E-state index < -0.39 is 0 Å². The van der Waals surface area contributed by atoms with E-state index in [2.05, 4.69) is 33.2 Å². The molecule has 5 heteroatoms. The van der Waals surface area contributed by atoms with Gasteiger partial charge >= 0.3 is 0 Å². The molecule has 0 bridgehead atoms. The SMILES string of the molecule is Cc1cc(CN2CCC(Oc3cccc4[nH]ccc34)CC2)no1. The molecule has 0 atom stereocenters. The van der Waals surface area contributed by atoms with Gasteiger partial charge in [0, 0.05) is 42.8 Å². The van der Waals surface area contributed by atoms with Crippen molar-refractivity contribution in [1.29, 1.82) is 0 Å². The van der Waals surface area contributed by atoms with E-state index in [-0.39, 0.29) is 6.10 Å². The molecule has 2 aromatic heterocycles. The molecule has 0 amide bonds. The lowest BCUT2D eigenvalue weighted by Gasteiger charge is -2.31. The van der Waals surface area contributed by atoms with E-state index >= 15 is 0 Å². The first-order valence-corrected chi connectivity index (χ1v) is 8.15. The Balaban J connectivity index is 1.35. The van der Waals surface area contributed by atoms with Crippen molar-refractivity contribution in [3.05, 3.63) is 48.0 Å². The maximum atomic E-state index is 6.25. The number of rotatable bonds is 4. The fourth-order valence-corrected chi connectivity index (χ4v) is 3.25. The number of hydrogen-bond donors (Lipinski definition) is 1. The second-order valence-corrected chi connectivity index (χ2v) is 6.22. The van der Waals surface area contributed by atoms with Gasteiger partial charge in [-0.3, -0.25) is 4.90 Å². The van der Waals surface area contributed by atoms with Crippen molar-refractivity contribution in [1.82, 2.24) is 15.0 Å². The molecule has 120 valence electrons. The van der Waals surface area contributed by atoms with Crippen molar-refractivity contribution < 1.29 is 9.26 Å². The van der Waals surface area contributed by atoms with Gasteiger partial charge in [0.15, 0.2) is 0 Å². The zero-order valence-corrected chi connectivity index (χ0v) is 13.3. The zero-order valence-electron chi connectivity index (χ0n) is 13.3. The normalized spacial score (nSPS) is 16.9. The standard InChI is InChI=1S/C18H21N3O2/c1-13-11-14(20-23-13)12-21-9-6-15(7-10-21)22-18-4-2-3-17-16(18)5-8-19-17/h2-5,8,11,15,19H,6-7,9-10,12H2,1H3. The molecule has 1 saturated heterocycles. The van der Waals surface area contributed by atoms with Crippen molar-refractivity contribution in [2.75, 3.05) is 13.1 Å². The molecular weight excluding hydrogens is 290 g/mol. The number of aromatic amines is 1. The Hall–Kier alpha value is -2.27. The highest BCUT2D eigenvalue weighted by Crippen LogP contribution is 2.27. The number of hydrogen-bond acceptors (Lipinski definition) is 4. The van der Waals surface area contributed by atoms with E-state index in [1.807, 2.05) is 25.3 Å². The van der Waals surface area contributed by atoms with Crippen LogP contribution >= 0.6 is 0 Å². The lowest BCUT2D eigenvalue weighted by Crippen LogP contribution is -2.37. The van der Waals surface area contributed by atoms with Gasteiger partial charge in [-0.05, 0) is 38.0 Å². The first kappa shape index (κ1) is 14.3. The smallest absolute Gasteiger partial charge is 0.133 e. The zero-order chi connectivity index (χ0) is 15.6. The lowest BCUT2D eigenvalue weighted by molar-refractivity contribution is 0.0967. The third-order valence-corrected chi connectivity index (χ3v) is 4.45. The highest BCUT2D eigenvalue weighted by Gasteiger charge is 2.22. The summed E-state index contributed by atoms with van der Waals surface area (Å²) in [6.45, 7) is 4.84. The number of ether oxygens (including phenoxy) is 1. The van der Waals surface area contributed by atoms with Crippen molar-refractivity contribution in [3.8, 4) is 5.75 Å². The first-order valence-electron chi connectivity index (χ1n) is 8.15. The number of H-pyrrole nitrogens is 1. The van der Waals surface area contributed by atoms with Crippen LogP contribution in [-0.4, -0.2) is 34.2 Å². The van der Waals surface area contributed by atoms with Crippen LogP contribution in [0.3, 0.4) is 0 Å². The third kappa shape index (κ3) is 3.10. The fraction of sp³-hybridized carbons (Fsp3) is 0.389. The predicted molar refractivity (Wildman–Crippen MR) is 88.5 cm³/mol. The van der Waals surface area contributed by atoms with Crippen LogP contribution in [0, 0.1) is 6.92 Å².